The molecule has 3 heterocycles. The minimum atomic E-state index is -0.860. The lowest BCUT2D eigenvalue weighted by Gasteiger charge is -2.10. The zero-order valence-electron chi connectivity index (χ0n) is 11.2. The molecule has 21 heavy (non-hydrogen) atoms. The third kappa shape index (κ3) is 3.30. The number of likely N-dealkylation sites (tertiary alicyclic amines) is 1. The molecule has 0 radical (unpaired) electrons. The smallest absolute Gasteiger partial charge is 0.407 e. The Balaban J connectivity index is 1.58. The van der Waals surface area contributed by atoms with Crippen LogP contribution in [0.15, 0.2) is 18.2 Å². The van der Waals surface area contributed by atoms with Crippen LogP contribution in [0.5, 0.6) is 0 Å². The van der Waals surface area contributed by atoms with E-state index in [9.17, 15) is 4.79 Å². The molecular weight excluding hydrogens is 312 g/mol. The summed E-state index contributed by atoms with van der Waals surface area (Å²) in [6.07, 6.45) is -0.0436. The second-order valence-electron chi connectivity index (χ2n) is 4.98. The quantitative estimate of drug-likeness (QED) is 0.806. The van der Waals surface area contributed by atoms with Gasteiger partial charge in [-0.25, -0.2) is 4.79 Å². The van der Waals surface area contributed by atoms with Gasteiger partial charge in [0.25, 0.3) is 0 Å². The summed E-state index contributed by atoms with van der Waals surface area (Å²) in [6, 6.07) is 5.81. The third-order valence-electron chi connectivity index (χ3n) is 3.56. The van der Waals surface area contributed by atoms with Gasteiger partial charge in [0.1, 0.15) is 5.82 Å². The summed E-state index contributed by atoms with van der Waals surface area (Å²) >= 11 is 7.43. The molecular formula is C13H15ClN4O2S. The molecule has 112 valence electrons. The van der Waals surface area contributed by atoms with E-state index in [0.29, 0.717) is 19.6 Å². The first kappa shape index (κ1) is 14.2. The van der Waals surface area contributed by atoms with Crippen molar-refractivity contribution in [2.45, 2.75) is 18.9 Å². The second-order valence-corrected chi connectivity index (χ2v) is 6.78. The molecule has 1 aliphatic heterocycles. The first-order valence-corrected chi connectivity index (χ1v) is 7.82. The van der Waals surface area contributed by atoms with Gasteiger partial charge >= 0.3 is 6.09 Å². The minimum Gasteiger partial charge on any atom is -0.465 e. The molecule has 0 aliphatic carbocycles. The number of carbonyl (C=O) groups is 1. The van der Waals surface area contributed by atoms with Crippen molar-refractivity contribution in [2.75, 3.05) is 18.4 Å². The van der Waals surface area contributed by atoms with E-state index in [1.165, 1.54) is 16.2 Å². The lowest BCUT2D eigenvalue weighted by Crippen LogP contribution is -2.26. The van der Waals surface area contributed by atoms with Crippen molar-refractivity contribution in [1.29, 1.82) is 0 Å². The number of nitrogens with one attached hydrogen (secondary N) is 2. The standard InChI is InChI=1S/C13H15ClN4O2S/c14-11-2-1-9(21-11)6-15-12-5-10(16-17-12)8-3-4-18(7-8)13(19)20/h1-2,5,8H,3-4,6-7H2,(H,19,20)(H2,15,16,17). The summed E-state index contributed by atoms with van der Waals surface area (Å²) in [5, 5.41) is 19.5. The summed E-state index contributed by atoms with van der Waals surface area (Å²) in [7, 11) is 0. The minimum absolute atomic E-state index is 0.170. The van der Waals surface area contributed by atoms with E-state index in [1.807, 2.05) is 18.2 Å². The summed E-state index contributed by atoms with van der Waals surface area (Å²) in [4.78, 5) is 13.5. The summed E-state index contributed by atoms with van der Waals surface area (Å²) in [5.41, 5.74) is 0.908. The predicted molar refractivity (Wildman–Crippen MR) is 82.2 cm³/mol. The SMILES string of the molecule is O=C(O)N1CCC(c2cc(NCc3ccc(Cl)s3)[nH]n2)C1. The Morgan fingerprint density at radius 3 is 3.14 bits per heavy atom. The first-order valence-electron chi connectivity index (χ1n) is 6.63. The van der Waals surface area contributed by atoms with Crippen molar-refractivity contribution in [3.05, 3.63) is 33.1 Å². The van der Waals surface area contributed by atoms with Crippen LogP contribution in [0.25, 0.3) is 0 Å². The average molecular weight is 327 g/mol. The molecule has 2 aromatic rings. The Morgan fingerprint density at radius 2 is 2.48 bits per heavy atom. The van der Waals surface area contributed by atoms with Crippen LogP contribution in [-0.2, 0) is 6.54 Å². The fourth-order valence-electron chi connectivity index (χ4n) is 2.44. The Kier molecular flexibility index (Phi) is 4.03. The molecule has 3 N–H and O–H groups in total. The van der Waals surface area contributed by atoms with E-state index < -0.39 is 6.09 Å². The van der Waals surface area contributed by atoms with Crippen molar-refractivity contribution < 1.29 is 9.90 Å². The molecule has 2 aromatic heterocycles. The van der Waals surface area contributed by atoms with E-state index in [-0.39, 0.29) is 5.92 Å². The summed E-state index contributed by atoms with van der Waals surface area (Å²) < 4.78 is 0.775. The number of amides is 1. The fourth-order valence-corrected chi connectivity index (χ4v) is 3.47. The van der Waals surface area contributed by atoms with Crippen molar-refractivity contribution in [1.82, 2.24) is 15.1 Å². The normalized spacial score (nSPS) is 18.1. The lowest BCUT2D eigenvalue weighted by molar-refractivity contribution is 0.155. The maximum atomic E-state index is 10.9. The van der Waals surface area contributed by atoms with Crippen molar-refractivity contribution in [3.8, 4) is 0 Å². The third-order valence-corrected chi connectivity index (χ3v) is 4.79. The monoisotopic (exact) mass is 326 g/mol. The van der Waals surface area contributed by atoms with Crippen LogP contribution in [0.4, 0.5) is 10.6 Å². The van der Waals surface area contributed by atoms with E-state index in [2.05, 4.69) is 15.5 Å². The molecule has 8 heteroatoms. The van der Waals surface area contributed by atoms with Crippen LogP contribution < -0.4 is 5.32 Å². The second kappa shape index (κ2) is 5.95. The molecule has 0 saturated carbocycles. The van der Waals surface area contributed by atoms with Crippen LogP contribution >= 0.6 is 22.9 Å². The number of thiophene rings is 1. The van der Waals surface area contributed by atoms with Gasteiger partial charge in [-0.3, -0.25) is 5.10 Å². The van der Waals surface area contributed by atoms with Crippen LogP contribution in [0, 0.1) is 0 Å². The van der Waals surface area contributed by atoms with Crippen LogP contribution in [0.2, 0.25) is 4.34 Å². The Hall–Kier alpha value is -1.73. The number of H-pyrrole nitrogens is 1. The largest absolute Gasteiger partial charge is 0.465 e. The number of halogens is 1. The van der Waals surface area contributed by atoms with Crippen LogP contribution in [-0.4, -0.2) is 39.4 Å². The predicted octanol–water partition coefficient (Wildman–Crippen LogP) is 3.20. The molecule has 1 amide bonds. The number of aromatic amines is 1. The van der Waals surface area contributed by atoms with Gasteiger partial charge in [-0.1, -0.05) is 11.6 Å². The van der Waals surface area contributed by atoms with Crippen molar-refractivity contribution in [3.63, 3.8) is 0 Å². The lowest BCUT2D eigenvalue weighted by atomic mass is 10.1. The van der Waals surface area contributed by atoms with Gasteiger partial charge in [0, 0.05) is 30.0 Å². The van der Waals surface area contributed by atoms with E-state index >= 15 is 0 Å². The van der Waals surface area contributed by atoms with Gasteiger partial charge < -0.3 is 15.3 Å². The molecule has 1 atom stereocenters. The summed E-state index contributed by atoms with van der Waals surface area (Å²) in [6.45, 7) is 1.77. The molecule has 1 fully saturated rings. The highest BCUT2D eigenvalue weighted by molar-refractivity contribution is 7.16. The molecule has 1 unspecified atom stereocenters. The van der Waals surface area contributed by atoms with Crippen LogP contribution in [0.1, 0.15) is 22.9 Å². The topological polar surface area (TPSA) is 81.2 Å². The van der Waals surface area contributed by atoms with Crippen molar-refractivity contribution >= 4 is 34.8 Å². The van der Waals surface area contributed by atoms with Crippen molar-refractivity contribution in [2.24, 2.45) is 0 Å². The fraction of sp³-hybridized carbons (Fsp3) is 0.385. The first-order chi connectivity index (χ1) is 10.1. The highest BCUT2D eigenvalue weighted by Gasteiger charge is 2.28. The molecule has 6 nitrogen and oxygen atoms in total. The maximum Gasteiger partial charge on any atom is 0.407 e. The average Bonchev–Trinajstić information content (AvgIpc) is 3.16. The van der Waals surface area contributed by atoms with E-state index in [4.69, 9.17) is 16.7 Å². The van der Waals surface area contributed by atoms with Gasteiger partial charge in [0.05, 0.1) is 16.6 Å². The molecule has 0 aromatic carbocycles. The molecule has 1 aliphatic rings. The Labute approximate surface area is 130 Å². The van der Waals surface area contributed by atoms with Gasteiger partial charge in [-0.15, -0.1) is 11.3 Å². The Bertz CT molecular complexity index is 642. The number of carboxylic acid groups (broad SMARTS) is 1. The summed E-state index contributed by atoms with van der Waals surface area (Å²) in [5.74, 6) is 1.01. The number of anilines is 1. The maximum absolute atomic E-state index is 10.9. The van der Waals surface area contributed by atoms with E-state index in [1.54, 1.807) is 0 Å². The molecule has 0 spiro atoms. The number of hydrogen-bond donors (Lipinski definition) is 3. The van der Waals surface area contributed by atoms with Crippen LogP contribution in [0.3, 0.4) is 0 Å². The zero-order valence-corrected chi connectivity index (χ0v) is 12.7. The van der Waals surface area contributed by atoms with Gasteiger partial charge in [-0.2, -0.15) is 5.10 Å². The highest BCUT2D eigenvalue weighted by Crippen LogP contribution is 2.27. The van der Waals surface area contributed by atoms with Gasteiger partial charge in [0.2, 0.25) is 0 Å². The molecule has 1 saturated heterocycles. The zero-order chi connectivity index (χ0) is 14.8. The number of aromatic nitrogens is 2. The van der Waals surface area contributed by atoms with E-state index in [0.717, 1.165) is 27.1 Å². The number of hydrogen-bond acceptors (Lipinski definition) is 4. The molecule has 3 rings (SSSR count). The molecule has 0 bridgehead atoms. The van der Waals surface area contributed by atoms with Gasteiger partial charge in [-0.05, 0) is 18.6 Å². The highest BCUT2D eigenvalue weighted by atomic mass is 35.5. The Morgan fingerprint density at radius 1 is 1.62 bits per heavy atom. The number of rotatable bonds is 4. The van der Waals surface area contributed by atoms with Gasteiger partial charge in [0.15, 0.2) is 0 Å². The number of nitrogens with zero attached hydrogens (tertiary/aromatic N) is 2.